The third-order valence-electron chi connectivity index (χ3n) is 5.78. The first-order chi connectivity index (χ1) is 13.5. The van der Waals surface area contributed by atoms with E-state index < -0.39 is 11.9 Å². The van der Waals surface area contributed by atoms with Gasteiger partial charge >= 0.3 is 5.97 Å². The van der Waals surface area contributed by atoms with Gasteiger partial charge in [-0.1, -0.05) is 37.6 Å². The van der Waals surface area contributed by atoms with Crippen molar-refractivity contribution in [3.05, 3.63) is 70.4 Å². The fraction of sp³-hybridized carbons (Fsp3) is 0.304. The summed E-state index contributed by atoms with van der Waals surface area (Å²) in [5.74, 6) is -0.936. The first kappa shape index (κ1) is 18.3. The second-order valence-electron chi connectivity index (χ2n) is 7.55. The van der Waals surface area contributed by atoms with Gasteiger partial charge in [-0.25, -0.2) is 4.79 Å². The molecule has 0 saturated carbocycles. The van der Waals surface area contributed by atoms with E-state index in [2.05, 4.69) is 11.5 Å². The topological polar surface area (TPSA) is 85.3 Å². The maximum Gasteiger partial charge on any atom is 0.337 e. The molecule has 1 amide bonds. The number of aromatic carboxylic acids is 1. The van der Waals surface area contributed by atoms with Gasteiger partial charge in [-0.15, -0.1) is 0 Å². The monoisotopic (exact) mass is 376 g/mol. The quantitative estimate of drug-likeness (QED) is 0.672. The van der Waals surface area contributed by atoms with Crippen LogP contribution in [0.1, 0.15) is 69.6 Å². The predicted octanol–water partition coefficient (Wildman–Crippen LogP) is 4.32. The number of aryl methyl sites for hydroxylation is 1. The van der Waals surface area contributed by atoms with Gasteiger partial charge in [0.2, 0.25) is 5.91 Å². The van der Waals surface area contributed by atoms with Crippen LogP contribution in [0.3, 0.4) is 0 Å². The number of benzene rings is 2. The zero-order valence-electron chi connectivity index (χ0n) is 15.9. The largest absolute Gasteiger partial charge is 0.478 e. The fourth-order valence-electron chi connectivity index (χ4n) is 4.66. The maximum atomic E-state index is 11.9. The van der Waals surface area contributed by atoms with E-state index in [1.165, 1.54) is 11.3 Å². The van der Waals surface area contributed by atoms with Crippen LogP contribution in [0.15, 0.2) is 42.5 Å². The average Bonchev–Trinajstić information content (AvgIpc) is 3.22. The van der Waals surface area contributed by atoms with E-state index in [0.717, 1.165) is 42.1 Å². The Hall–Kier alpha value is -3.08. The summed E-state index contributed by atoms with van der Waals surface area (Å²) in [6.07, 6.45) is 4.27. The molecule has 1 heterocycles. The van der Waals surface area contributed by atoms with Crippen LogP contribution in [-0.4, -0.2) is 21.6 Å². The molecule has 0 saturated heterocycles. The molecule has 1 unspecified atom stereocenters. The lowest BCUT2D eigenvalue weighted by molar-refractivity contribution is 0.0698. The number of rotatable bonds is 6. The molecule has 3 N–H and O–H groups in total. The number of aromatic nitrogens is 1. The molecule has 1 aromatic heterocycles. The van der Waals surface area contributed by atoms with Gasteiger partial charge in [0.1, 0.15) is 0 Å². The van der Waals surface area contributed by atoms with Crippen LogP contribution in [0.25, 0.3) is 10.9 Å². The van der Waals surface area contributed by atoms with Crippen LogP contribution >= 0.6 is 0 Å². The summed E-state index contributed by atoms with van der Waals surface area (Å²) in [6.45, 7) is 2.71. The molecule has 0 fully saturated rings. The van der Waals surface area contributed by atoms with Gasteiger partial charge in [0.25, 0.3) is 0 Å². The highest BCUT2D eigenvalue weighted by atomic mass is 16.4. The molecule has 4 rings (SSSR count). The van der Waals surface area contributed by atoms with Crippen molar-refractivity contribution in [2.24, 2.45) is 5.73 Å². The van der Waals surface area contributed by atoms with Crippen molar-refractivity contribution in [1.29, 1.82) is 0 Å². The van der Waals surface area contributed by atoms with Gasteiger partial charge in [0.15, 0.2) is 0 Å². The summed E-state index contributed by atoms with van der Waals surface area (Å²) in [4.78, 5) is 23.5. The molecule has 1 aliphatic carbocycles. The summed E-state index contributed by atoms with van der Waals surface area (Å²) in [7, 11) is 0. The van der Waals surface area contributed by atoms with Gasteiger partial charge in [-0.2, -0.15) is 0 Å². The van der Waals surface area contributed by atoms with Gasteiger partial charge in [-0.3, -0.25) is 4.79 Å². The highest BCUT2D eigenvalue weighted by molar-refractivity contribution is 6.04. The standard InChI is InChI=1S/C23H24N2O3/c1-2-5-15-10-11-18-17-8-4-9-19(23(27)28)21(17)25(20(15)18)13-14-6-3-7-16(12-14)22(24)26/h3-4,6-9,12,15H,2,5,10-11,13H2,1H3,(H2,24,26)(H,27,28). The van der Waals surface area contributed by atoms with Crippen LogP contribution in [0.2, 0.25) is 0 Å². The van der Waals surface area contributed by atoms with E-state index in [4.69, 9.17) is 5.73 Å². The predicted molar refractivity (Wildman–Crippen MR) is 109 cm³/mol. The van der Waals surface area contributed by atoms with Gasteiger partial charge < -0.3 is 15.4 Å². The number of carbonyl (C=O) groups is 2. The lowest BCUT2D eigenvalue weighted by Crippen LogP contribution is -2.13. The molecule has 2 aromatic carbocycles. The molecule has 1 aliphatic rings. The van der Waals surface area contributed by atoms with Crippen molar-refractivity contribution >= 4 is 22.8 Å². The van der Waals surface area contributed by atoms with Crippen LogP contribution in [0, 0.1) is 0 Å². The molecular weight excluding hydrogens is 352 g/mol. The Morgan fingerprint density at radius 3 is 2.71 bits per heavy atom. The Morgan fingerprint density at radius 1 is 1.21 bits per heavy atom. The number of para-hydroxylation sites is 1. The molecular formula is C23H24N2O3. The van der Waals surface area contributed by atoms with Gasteiger partial charge in [0.05, 0.1) is 11.1 Å². The number of hydrogen-bond acceptors (Lipinski definition) is 2. The van der Waals surface area contributed by atoms with Crippen molar-refractivity contribution in [3.63, 3.8) is 0 Å². The molecule has 3 aromatic rings. The van der Waals surface area contributed by atoms with E-state index >= 15 is 0 Å². The van der Waals surface area contributed by atoms with Crippen molar-refractivity contribution < 1.29 is 14.7 Å². The van der Waals surface area contributed by atoms with Crippen LogP contribution in [-0.2, 0) is 13.0 Å². The molecule has 0 spiro atoms. The van der Waals surface area contributed by atoms with Crippen LogP contribution in [0.5, 0.6) is 0 Å². The second-order valence-corrected chi connectivity index (χ2v) is 7.55. The van der Waals surface area contributed by atoms with Gasteiger partial charge in [-0.05, 0) is 54.5 Å². The van der Waals surface area contributed by atoms with E-state index in [1.54, 1.807) is 18.2 Å². The highest BCUT2D eigenvalue weighted by Crippen LogP contribution is 2.43. The van der Waals surface area contributed by atoms with E-state index in [0.29, 0.717) is 23.6 Å². The zero-order valence-corrected chi connectivity index (χ0v) is 15.9. The molecule has 0 bridgehead atoms. The number of carboxylic acid groups (broad SMARTS) is 1. The number of nitrogens with two attached hydrogens (primary N) is 1. The number of carboxylic acids is 1. The average molecular weight is 376 g/mol. The number of fused-ring (bicyclic) bond motifs is 3. The summed E-state index contributed by atoms with van der Waals surface area (Å²) < 4.78 is 2.17. The molecule has 0 radical (unpaired) electrons. The maximum absolute atomic E-state index is 11.9. The van der Waals surface area contributed by atoms with E-state index in [1.807, 2.05) is 24.3 Å². The Labute approximate surface area is 163 Å². The van der Waals surface area contributed by atoms with Crippen molar-refractivity contribution in [2.45, 2.75) is 45.1 Å². The first-order valence-corrected chi connectivity index (χ1v) is 9.77. The van der Waals surface area contributed by atoms with E-state index in [9.17, 15) is 14.7 Å². The Balaban J connectivity index is 1.93. The zero-order chi connectivity index (χ0) is 19.8. The molecule has 5 heteroatoms. The molecule has 5 nitrogen and oxygen atoms in total. The summed E-state index contributed by atoms with van der Waals surface area (Å²) >= 11 is 0. The second kappa shape index (κ2) is 7.15. The van der Waals surface area contributed by atoms with Crippen molar-refractivity contribution in [3.8, 4) is 0 Å². The summed E-state index contributed by atoms with van der Waals surface area (Å²) in [6, 6.07) is 12.8. The number of primary amides is 1. The van der Waals surface area contributed by atoms with Crippen molar-refractivity contribution in [2.75, 3.05) is 0 Å². The summed E-state index contributed by atoms with van der Waals surface area (Å²) in [5, 5.41) is 10.8. The molecule has 144 valence electrons. The van der Waals surface area contributed by atoms with Crippen LogP contribution in [0.4, 0.5) is 0 Å². The number of nitrogens with zero attached hydrogens (tertiary/aromatic N) is 1. The fourth-order valence-corrected chi connectivity index (χ4v) is 4.66. The lowest BCUT2D eigenvalue weighted by Gasteiger charge is -2.17. The van der Waals surface area contributed by atoms with Crippen LogP contribution < -0.4 is 5.73 Å². The van der Waals surface area contributed by atoms with Gasteiger partial charge in [0, 0.05) is 23.2 Å². The first-order valence-electron chi connectivity index (χ1n) is 9.77. The number of hydrogen-bond donors (Lipinski definition) is 2. The number of carbonyl (C=O) groups excluding carboxylic acids is 1. The lowest BCUT2D eigenvalue weighted by atomic mass is 10.0. The SMILES string of the molecule is CCCC1CCc2c1n(Cc1cccc(C(N)=O)c1)c1c(C(=O)O)cccc21. The van der Waals surface area contributed by atoms with E-state index in [-0.39, 0.29) is 0 Å². The smallest absolute Gasteiger partial charge is 0.337 e. The molecule has 1 atom stereocenters. The number of amides is 1. The summed E-state index contributed by atoms with van der Waals surface area (Å²) in [5.41, 5.74) is 10.5. The molecule has 28 heavy (non-hydrogen) atoms. The molecule has 0 aliphatic heterocycles. The highest BCUT2D eigenvalue weighted by Gasteiger charge is 2.31. The minimum atomic E-state index is -0.916. The Morgan fingerprint density at radius 2 is 2.00 bits per heavy atom. The normalized spacial score (nSPS) is 15.7. The third-order valence-corrected chi connectivity index (χ3v) is 5.78. The third kappa shape index (κ3) is 2.97. The Kier molecular flexibility index (Phi) is 4.67. The van der Waals surface area contributed by atoms with Crippen molar-refractivity contribution in [1.82, 2.24) is 4.57 Å². The minimum Gasteiger partial charge on any atom is -0.478 e. The Bertz CT molecular complexity index is 1080. The minimum absolute atomic E-state index is 0.327.